The van der Waals surface area contributed by atoms with E-state index in [-0.39, 0.29) is 0 Å². The van der Waals surface area contributed by atoms with Gasteiger partial charge in [0.25, 0.3) is 0 Å². The minimum absolute atomic E-state index is 0.611. The summed E-state index contributed by atoms with van der Waals surface area (Å²) in [7, 11) is 0. The Morgan fingerprint density at radius 1 is 1.53 bits per heavy atom. The van der Waals surface area contributed by atoms with Gasteiger partial charge in [-0.1, -0.05) is 17.7 Å². The lowest BCUT2D eigenvalue weighted by atomic mass is 10.3. The Hall–Kier alpha value is -0.930. The predicted molar refractivity (Wildman–Crippen MR) is 67.6 cm³/mol. The number of allylic oxidation sites excluding steroid dienone is 1. The molecule has 2 nitrogen and oxygen atoms in total. The molecule has 0 aliphatic heterocycles. The fourth-order valence-electron chi connectivity index (χ4n) is 1.61. The summed E-state index contributed by atoms with van der Waals surface area (Å²) in [6.07, 6.45) is 1.85. The zero-order valence-electron chi connectivity index (χ0n) is 8.15. The van der Waals surface area contributed by atoms with Crippen molar-refractivity contribution in [3.8, 4) is 0 Å². The molecule has 2 aromatic rings. The molecule has 0 fully saturated rings. The monoisotopic (exact) mass is 238 g/mol. The Labute approximate surface area is 99.0 Å². The van der Waals surface area contributed by atoms with E-state index in [0.717, 1.165) is 23.4 Å². The van der Waals surface area contributed by atoms with Crippen LogP contribution in [0.5, 0.6) is 0 Å². The van der Waals surface area contributed by atoms with Crippen LogP contribution in [0.3, 0.4) is 0 Å². The van der Waals surface area contributed by atoms with Gasteiger partial charge in [-0.25, -0.2) is 4.98 Å². The van der Waals surface area contributed by atoms with Gasteiger partial charge >= 0.3 is 0 Å². The van der Waals surface area contributed by atoms with E-state index in [2.05, 4.69) is 28.8 Å². The van der Waals surface area contributed by atoms with E-state index in [1.807, 2.05) is 24.3 Å². The minimum atomic E-state index is 0.611. The molecule has 15 heavy (non-hydrogen) atoms. The van der Waals surface area contributed by atoms with Gasteiger partial charge in [-0.05, 0) is 18.2 Å². The number of thiol groups is 1. The van der Waals surface area contributed by atoms with Crippen molar-refractivity contribution >= 4 is 35.3 Å². The number of hydrogen-bond acceptors (Lipinski definition) is 2. The molecule has 4 heteroatoms. The average Bonchev–Trinajstić information content (AvgIpc) is 2.56. The van der Waals surface area contributed by atoms with Gasteiger partial charge in [-0.3, -0.25) is 0 Å². The van der Waals surface area contributed by atoms with Gasteiger partial charge in [0.1, 0.15) is 5.82 Å². The van der Waals surface area contributed by atoms with E-state index < -0.39 is 0 Å². The van der Waals surface area contributed by atoms with E-state index in [1.54, 1.807) is 0 Å². The van der Waals surface area contributed by atoms with Crippen molar-refractivity contribution < 1.29 is 0 Å². The SMILES string of the molecule is C=CCn1c(CS)nc2cc(Cl)ccc21. The highest BCUT2D eigenvalue weighted by Gasteiger charge is 2.08. The summed E-state index contributed by atoms with van der Waals surface area (Å²) in [5, 5.41) is 0.705. The van der Waals surface area contributed by atoms with E-state index in [1.165, 1.54) is 0 Å². The zero-order valence-corrected chi connectivity index (χ0v) is 9.80. The van der Waals surface area contributed by atoms with Gasteiger partial charge in [-0.2, -0.15) is 12.6 Å². The molecule has 1 aromatic carbocycles. The minimum Gasteiger partial charge on any atom is -0.323 e. The van der Waals surface area contributed by atoms with Crippen LogP contribution in [0.1, 0.15) is 5.82 Å². The van der Waals surface area contributed by atoms with E-state index in [0.29, 0.717) is 10.8 Å². The summed E-state index contributed by atoms with van der Waals surface area (Å²) < 4.78 is 2.09. The van der Waals surface area contributed by atoms with Crippen molar-refractivity contribution in [3.05, 3.63) is 41.7 Å². The van der Waals surface area contributed by atoms with E-state index in [4.69, 9.17) is 11.6 Å². The van der Waals surface area contributed by atoms with E-state index in [9.17, 15) is 0 Å². The van der Waals surface area contributed by atoms with Gasteiger partial charge in [0.2, 0.25) is 0 Å². The molecule has 0 aliphatic carbocycles. The van der Waals surface area contributed by atoms with Crippen LogP contribution in [0, 0.1) is 0 Å². The van der Waals surface area contributed by atoms with Crippen LogP contribution in [0.4, 0.5) is 0 Å². The molecule has 0 radical (unpaired) electrons. The predicted octanol–water partition coefficient (Wildman–Crippen LogP) is 3.31. The molecule has 0 aliphatic rings. The van der Waals surface area contributed by atoms with Crippen LogP contribution in [0.15, 0.2) is 30.9 Å². The van der Waals surface area contributed by atoms with Gasteiger partial charge < -0.3 is 4.57 Å². The number of fused-ring (bicyclic) bond motifs is 1. The van der Waals surface area contributed by atoms with Gasteiger partial charge in [0, 0.05) is 17.3 Å². The van der Waals surface area contributed by atoms with Crippen molar-refractivity contribution in [2.45, 2.75) is 12.3 Å². The topological polar surface area (TPSA) is 17.8 Å². The highest BCUT2D eigenvalue weighted by molar-refractivity contribution is 7.79. The number of imidazole rings is 1. The second-order valence-electron chi connectivity index (χ2n) is 3.22. The van der Waals surface area contributed by atoms with Crippen molar-refractivity contribution in [3.63, 3.8) is 0 Å². The number of rotatable bonds is 3. The number of nitrogens with zero attached hydrogens (tertiary/aromatic N) is 2. The smallest absolute Gasteiger partial charge is 0.119 e. The van der Waals surface area contributed by atoms with Gasteiger partial charge in [0.15, 0.2) is 0 Å². The van der Waals surface area contributed by atoms with Gasteiger partial charge in [-0.15, -0.1) is 6.58 Å². The van der Waals surface area contributed by atoms with Crippen molar-refractivity contribution in [2.75, 3.05) is 0 Å². The normalized spacial score (nSPS) is 10.8. The van der Waals surface area contributed by atoms with Crippen molar-refractivity contribution in [1.29, 1.82) is 0 Å². The first-order valence-corrected chi connectivity index (χ1v) is 5.63. The third-order valence-corrected chi connectivity index (χ3v) is 2.76. The molecule has 0 N–H and O–H groups in total. The molecule has 0 unspecified atom stereocenters. The van der Waals surface area contributed by atoms with Crippen LogP contribution in [-0.2, 0) is 12.3 Å². The molecule has 1 aromatic heterocycles. The summed E-state index contributed by atoms with van der Waals surface area (Å²) in [5.41, 5.74) is 1.98. The Morgan fingerprint density at radius 3 is 3.00 bits per heavy atom. The first-order valence-electron chi connectivity index (χ1n) is 4.62. The third-order valence-electron chi connectivity index (χ3n) is 2.24. The molecule has 0 amide bonds. The van der Waals surface area contributed by atoms with Crippen molar-refractivity contribution in [2.24, 2.45) is 0 Å². The molecule has 0 spiro atoms. The molecule has 0 atom stereocenters. The molecule has 0 bridgehead atoms. The standard InChI is InChI=1S/C11H11ClN2S/c1-2-5-14-10-4-3-8(12)6-9(10)13-11(14)7-15/h2-4,6,15H,1,5,7H2. The Kier molecular flexibility index (Phi) is 3.03. The zero-order chi connectivity index (χ0) is 10.8. The second-order valence-corrected chi connectivity index (χ2v) is 3.97. The van der Waals surface area contributed by atoms with E-state index >= 15 is 0 Å². The van der Waals surface area contributed by atoms with Crippen LogP contribution in [0.2, 0.25) is 5.02 Å². The van der Waals surface area contributed by atoms with Crippen molar-refractivity contribution in [1.82, 2.24) is 9.55 Å². The average molecular weight is 239 g/mol. The molecular formula is C11H11ClN2S. The number of benzene rings is 1. The summed E-state index contributed by atoms with van der Waals surface area (Å²) >= 11 is 10.2. The number of aromatic nitrogens is 2. The largest absolute Gasteiger partial charge is 0.323 e. The summed E-state index contributed by atoms with van der Waals surface area (Å²) in [5.74, 6) is 1.55. The Balaban J connectivity index is 2.68. The lowest BCUT2D eigenvalue weighted by Gasteiger charge is -2.03. The lowest BCUT2D eigenvalue weighted by molar-refractivity contribution is 0.802. The maximum absolute atomic E-state index is 5.91. The van der Waals surface area contributed by atoms with Crippen LogP contribution in [0.25, 0.3) is 11.0 Å². The summed E-state index contributed by atoms with van der Waals surface area (Å²) in [4.78, 5) is 4.46. The highest BCUT2D eigenvalue weighted by atomic mass is 35.5. The fraction of sp³-hybridized carbons (Fsp3) is 0.182. The van der Waals surface area contributed by atoms with Crippen LogP contribution in [-0.4, -0.2) is 9.55 Å². The van der Waals surface area contributed by atoms with Crippen LogP contribution < -0.4 is 0 Å². The number of halogens is 1. The highest BCUT2D eigenvalue weighted by Crippen LogP contribution is 2.21. The summed E-state index contributed by atoms with van der Waals surface area (Å²) in [6, 6.07) is 5.71. The molecule has 2 rings (SSSR count). The molecule has 1 heterocycles. The lowest BCUT2D eigenvalue weighted by Crippen LogP contribution is -1.99. The third kappa shape index (κ3) is 1.90. The second kappa shape index (κ2) is 4.29. The quantitative estimate of drug-likeness (QED) is 0.642. The molecule has 0 saturated heterocycles. The maximum Gasteiger partial charge on any atom is 0.119 e. The first kappa shape index (κ1) is 10.6. The molecule has 0 saturated carbocycles. The Bertz CT molecular complexity index is 505. The molecule has 78 valence electrons. The number of hydrogen-bond donors (Lipinski definition) is 1. The maximum atomic E-state index is 5.91. The summed E-state index contributed by atoms with van der Waals surface area (Å²) in [6.45, 7) is 4.48. The Morgan fingerprint density at radius 2 is 2.33 bits per heavy atom. The van der Waals surface area contributed by atoms with Crippen LogP contribution >= 0.6 is 24.2 Å². The first-order chi connectivity index (χ1) is 7.26. The fourth-order valence-corrected chi connectivity index (χ4v) is 2.01. The molecular weight excluding hydrogens is 228 g/mol. The van der Waals surface area contributed by atoms with Gasteiger partial charge in [0.05, 0.1) is 11.0 Å².